The third-order valence-electron chi connectivity index (χ3n) is 6.18. The van der Waals surface area contributed by atoms with Gasteiger partial charge in [0.05, 0.1) is 11.0 Å². The number of fused-ring (bicyclic) bond motifs is 3. The molecule has 3 unspecified atom stereocenters. The lowest BCUT2D eigenvalue weighted by Crippen LogP contribution is -2.51. The van der Waals surface area contributed by atoms with Crippen molar-refractivity contribution in [3.05, 3.63) is 28.7 Å². The molecule has 0 aliphatic carbocycles. The van der Waals surface area contributed by atoms with Crippen molar-refractivity contribution in [2.75, 3.05) is 18.0 Å². The molecule has 3 atom stereocenters. The first kappa shape index (κ1) is 16.6. The Kier molecular flexibility index (Phi) is 3.65. The van der Waals surface area contributed by atoms with E-state index in [4.69, 9.17) is 0 Å². The molecule has 27 heavy (non-hydrogen) atoms. The molecule has 2 bridgehead atoms. The Labute approximate surface area is 156 Å². The van der Waals surface area contributed by atoms with Crippen molar-refractivity contribution in [2.24, 2.45) is 7.05 Å². The number of rotatable bonds is 2. The van der Waals surface area contributed by atoms with Gasteiger partial charge >= 0.3 is 5.69 Å². The fourth-order valence-electron chi connectivity index (χ4n) is 4.79. The number of nitrogens with zero attached hydrogens (tertiary/aromatic N) is 3. The molecule has 3 aliphatic heterocycles. The Morgan fingerprint density at radius 1 is 1.00 bits per heavy atom. The number of carbonyl (C=O) groups is 2. The van der Waals surface area contributed by atoms with Crippen LogP contribution in [0.5, 0.6) is 0 Å². The first-order valence-corrected chi connectivity index (χ1v) is 9.57. The zero-order chi connectivity index (χ0) is 18.7. The maximum absolute atomic E-state index is 12.9. The predicted octanol–water partition coefficient (Wildman–Crippen LogP) is 0.258. The van der Waals surface area contributed by atoms with Crippen LogP contribution in [-0.2, 0) is 16.6 Å². The van der Waals surface area contributed by atoms with Crippen molar-refractivity contribution >= 4 is 28.5 Å². The smallest absolute Gasteiger partial charge is 0.329 e. The number of aryl methyl sites for hydroxylation is 1. The fraction of sp³-hybridized carbons (Fsp3) is 0.526. The van der Waals surface area contributed by atoms with Crippen LogP contribution in [0.2, 0.25) is 0 Å². The standard InChI is InChI=1S/C19H23N5O3/c1-22-16-8-13(23-9-11-2-3-12(10-23)20-11)4-5-14(16)24(19(22)27)15-6-7-17(25)21-18(15)26/h4-5,8,11-12,15,20H,2-3,6-7,9-10H2,1H3,(H,21,25,26). The first-order valence-electron chi connectivity index (χ1n) is 9.57. The zero-order valence-electron chi connectivity index (χ0n) is 15.3. The van der Waals surface area contributed by atoms with E-state index in [2.05, 4.69) is 15.5 Å². The molecular weight excluding hydrogens is 346 g/mol. The zero-order valence-corrected chi connectivity index (χ0v) is 15.3. The molecule has 0 saturated carbocycles. The molecule has 8 nitrogen and oxygen atoms in total. The number of amides is 2. The lowest BCUT2D eigenvalue weighted by molar-refractivity contribution is -0.135. The SMILES string of the molecule is Cn1c(=O)n(C2CCC(=O)NC2=O)c2ccc(N3CC4CCC(C3)N4)cc21. The Balaban J connectivity index is 1.55. The molecule has 0 radical (unpaired) electrons. The Morgan fingerprint density at radius 2 is 1.74 bits per heavy atom. The van der Waals surface area contributed by atoms with E-state index in [1.807, 2.05) is 18.2 Å². The van der Waals surface area contributed by atoms with Crippen LogP contribution >= 0.6 is 0 Å². The van der Waals surface area contributed by atoms with Crippen LogP contribution in [0.1, 0.15) is 31.7 Å². The maximum Gasteiger partial charge on any atom is 0.329 e. The van der Waals surface area contributed by atoms with E-state index in [1.54, 1.807) is 11.6 Å². The Morgan fingerprint density at radius 3 is 2.44 bits per heavy atom. The predicted molar refractivity (Wildman–Crippen MR) is 101 cm³/mol. The van der Waals surface area contributed by atoms with Gasteiger partial charge in [-0.2, -0.15) is 0 Å². The Bertz CT molecular complexity index is 995. The topological polar surface area (TPSA) is 88.4 Å². The van der Waals surface area contributed by atoms with Crippen molar-refractivity contribution in [1.82, 2.24) is 19.8 Å². The second kappa shape index (κ2) is 5.95. The van der Waals surface area contributed by atoms with Gasteiger partial charge in [-0.1, -0.05) is 0 Å². The van der Waals surface area contributed by atoms with Gasteiger partial charge in [0.2, 0.25) is 11.8 Å². The molecule has 1 aromatic heterocycles. The summed E-state index contributed by atoms with van der Waals surface area (Å²) in [5, 5.41) is 5.98. The molecule has 1 aromatic carbocycles. The second-order valence-electron chi connectivity index (χ2n) is 7.89. The van der Waals surface area contributed by atoms with Gasteiger partial charge in [0.15, 0.2) is 0 Å². The number of hydrogen-bond donors (Lipinski definition) is 2. The summed E-state index contributed by atoms with van der Waals surface area (Å²) in [7, 11) is 1.73. The molecule has 3 fully saturated rings. The summed E-state index contributed by atoms with van der Waals surface area (Å²) in [6.45, 7) is 1.95. The number of hydrogen-bond acceptors (Lipinski definition) is 5. The molecule has 2 N–H and O–H groups in total. The van der Waals surface area contributed by atoms with Gasteiger partial charge in [0.25, 0.3) is 0 Å². The molecule has 2 amide bonds. The lowest BCUT2D eigenvalue weighted by Gasteiger charge is -2.34. The summed E-state index contributed by atoms with van der Waals surface area (Å²) in [6, 6.07) is 6.45. The van der Waals surface area contributed by atoms with Crippen molar-refractivity contribution in [3.8, 4) is 0 Å². The fourth-order valence-corrected chi connectivity index (χ4v) is 4.79. The van der Waals surface area contributed by atoms with E-state index in [0.717, 1.165) is 29.8 Å². The van der Waals surface area contributed by atoms with Crippen LogP contribution < -0.4 is 21.2 Å². The second-order valence-corrected chi connectivity index (χ2v) is 7.89. The third-order valence-corrected chi connectivity index (χ3v) is 6.18. The van der Waals surface area contributed by atoms with Crippen LogP contribution in [-0.4, -0.2) is 46.1 Å². The molecule has 142 valence electrons. The average molecular weight is 369 g/mol. The highest BCUT2D eigenvalue weighted by Gasteiger charge is 2.33. The minimum absolute atomic E-state index is 0.225. The van der Waals surface area contributed by atoms with Gasteiger partial charge in [-0.15, -0.1) is 0 Å². The number of piperazine rings is 1. The number of anilines is 1. The molecule has 8 heteroatoms. The van der Waals surface area contributed by atoms with Gasteiger partial charge in [-0.3, -0.25) is 24.0 Å². The maximum atomic E-state index is 12.9. The highest BCUT2D eigenvalue weighted by Crippen LogP contribution is 2.29. The summed E-state index contributed by atoms with van der Waals surface area (Å²) in [5.41, 5.74) is 2.43. The number of nitrogens with one attached hydrogen (secondary N) is 2. The van der Waals surface area contributed by atoms with Crippen molar-refractivity contribution in [2.45, 2.75) is 43.8 Å². The summed E-state index contributed by atoms with van der Waals surface area (Å²) < 4.78 is 3.13. The van der Waals surface area contributed by atoms with Gasteiger partial charge in [0.1, 0.15) is 6.04 Å². The van der Waals surface area contributed by atoms with Crippen molar-refractivity contribution in [1.29, 1.82) is 0 Å². The number of imide groups is 1. The van der Waals surface area contributed by atoms with Crippen molar-refractivity contribution in [3.63, 3.8) is 0 Å². The molecule has 2 aromatic rings. The number of imidazole rings is 1. The van der Waals surface area contributed by atoms with E-state index < -0.39 is 11.9 Å². The van der Waals surface area contributed by atoms with Gasteiger partial charge in [-0.05, 0) is 37.5 Å². The van der Waals surface area contributed by atoms with E-state index in [1.165, 1.54) is 17.4 Å². The summed E-state index contributed by atoms with van der Waals surface area (Å²) in [5.74, 6) is -0.677. The highest BCUT2D eigenvalue weighted by atomic mass is 16.2. The molecule has 3 saturated heterocycles. The quantitative estimate of drug-likeness (QED) is 0.742. The largest absolute Gasteiger partial charge is 0.368 e. The van der Waals surface area contributed by atoms with Crippen molar-refractivity contribution < 1.29 is 9.59 Å². The minimum atomic E-state index is -0.639. The van der Waals surface area contributed by atoms with Crippen LogP contribution in [0.4, 0.5) is 5.69 Å². The Hall–Kier alpha value is -2.61. The van der Waals surface area contributed by atoms with E-state index in [0.29, 0.717) is 18.5 Å². The van der Waals surface area contributed by atoms with Gasteiger partial charge < -0.3 is 10.2 Å². The number of aromatic nitrogens is 2. The van der Waals surface area contributed by atoms with Crippen LogP contribution in [0, 0.1) is 0 Å². The van der Waals surface area contributed by atoms with Crippen LogP contribution in [0.25, 0.3) is 11.0 Å². The summed E-state index contributed by atoms with van der Waals surface area (Å²) >= 11 is 0. The molecule has 3 aliphatic rings. The van der Waals surface area contributed by atoms with Gasteiger partial charge in [-0.25, -0.2) is 4.79 Å². The van der Waals surface area contributed by atoms with Gasteiger partial charge in [0, 0.05) is 44.3 Å². The number of carbonyl (C=O) groups excluding carboxylic acids is 2. The number of piperidine rings is 1. The monoisotopic (exact) mass is 369 g/mol. The van der Waals surface area contributed by atoms with Crippen LogP contribution in [0.3, 0.4) is 0 Å². The highest BCUT2D eigenvalue weighted by molar-refractivity contribution is 6.00. The lowest BCUT2D eigenvalue weighted by atomic mass is 10.1. The number of benzene rings is 1. The molecular formula is C19H23N5O3. The first-order chi connectivity index (χ1) is 13.0. The summed E-state index contributed by atoms with van der Waals surface area (Å²) in [6.07, 6.45) is 3.04. The molecule has 4 heterocycles. The van der Waals surface area contributed by atoms with E-state index >= 15 is 0 Å². The molecule has 0 spiro atoms. The normalized spacial score (nSPS) is 28.0. The van der Waals surface area contributed by atoms with E-state index in [-0.39, 0.29) is 18.0 Å². The van der Waals surface area contributed by atoms with E-state index in [9.17, 15) is 14.4 Å². The van der Waals surface area contributed by atoms with Crippen LogP contribution in [0.15, 0.2) is 23.0 Å². The summed E-state index contributed by atoms with van der Waals surface area (Å²) in [4.78, 5) is 39.0. The third kappa shape index (κ3) is 2.58. The minimum Gasteiger partial charge on any atom is -0.368 e. The average Bonchev–Trinajstić information content (AvgIpc) is 3.12. The molecule has 5 rings (SSSR count).